The van der Waals surface area contributed by atoms with Gasteiger partial charge in [0.2, 0.25) is 5.95 Å². The molecule has 20 heavy (non-hydrogen) atoms. The van der Waals surface area contributed by atoms with Crippen molar-refractivity contribution in [3.63, 3.8) is 0 Å². The van der Waals surface area contributed by atoms with Gasteiger partial charge in [0.1, 0.15) is 0 Å². The van der Waals surface area contributed by atoms with Gasteiger partial charge in [-0.15, -0.1) is 0 Å². The Hall–Kier alpha value is -2.96. The number of carbonyl (C=O) groups is 1. The molecule has 0 saturated carbocycles. The van der Waals surface area contributed by atoms with Crippen molar-refractivity contribution in [3.05, 3.63) is 51.5 Å². The second-order valence-corrected chi connectivity index (χ2v) is 3.86. The average Bonchev–Trinajstić information content (AvgIpc) is 2.88. The third kappa shape index (κ3) is 2.41. The second kappa shape index (κ2) is 5.35. The van der Waals surface area contributed by atoms with Crippen LogP contribution in [0.3, 0.4) is 0 Å². The molecule has 0 spiro atoms. The molecule has 0 aromatic carbocycles. The Morgan fingerprint density at radius 1 is 1.55 bits per heavy atom. The van der Waals surface area contributed by atoms with E-state index in [2.05, 4.69) is 21.6 Å². The molecular formula is C13H12N4O3. The van der Waals surface area contributed by atoms with Crippen LogP contribution in [0.5, 0.6) is 0 Å². The van der Waals surface area contributed by atoms with Crippen molar-refractivity contribution in [2.45, 2.75) is 6.92 Å². The van der Waals surface area contributed by atoms with Crippen LogP contribution in [0.1, 0.15) is 17.3 Å². The maximum absolute atomic E-state index is 11.9. The first-order valence-electron chi connectivity index (χ1n) is 5.74. The molecule has 2 aromatic rings. The summed E-state index contributed by atoms with van der Waals surface area (Å²) < 4.78 is 1.20. The number of aromatic amines is 1. The van der Waals surface area contributed by atoms with E-state index in [4.69, 9.17) is 5.11 Å². The normalized spacial score (nSPS) is 12.7. The minimum atomic E-state index is -1.10. The Kier molecular flexibility index (Phi) is 3.60. The number of carboxylic acid groups (broad SMARTS) is 1. The summed E-state index contributed by atoms with van der Waals surface area (Å²) in [4.78, 5) is 29.5. The number of carboxylic acids is 1. The monoisotopic (exact) mass is 272 g/mol. The predicted octanol–water partition coefficient (Wildman–Crippen LogP) is -0.579. The van der Waals surface area contributed by atoms with Gasteiger partial charge in [0.05, 0.1) is 22.3 Å². The van der Waals surface area contributed by atoms with Gasteiger partial charge in [-0.25, -0.2) is 14.5 Å². The van der Waals surface area contributed by atoms with Gasteiger partial charge in [-0.2, -0.15) is 5.10 Å². The van der Waals surface area contributed by atoms with Crippen LogP contribution in [-0.2, 0) is 0 Å². The molecule has 0 fully saturated rings. The molecule has 0 aliphatic rings. The first-order chi connectivity index (χ1) is 9.56. The fourth-order valence-electron chi connectivity index (χ4n) is 1.66. The number of aromatic nitrogens is 4. The lowest BCUT2D eigenvalue weighted by Crippen LogP contribution is -2.43. The fraction of sp³-hybridized carbons (Fsp3) is 0.0769. The first-order valence-corrected chi connectivity index (χ1v) is 5.74. The summed E-state index contributed by atoms with van der Waals surface area (Å²) >= 11 is 0. The smallest absolute Gasteiger partial charge is 0.338 e. The van der Waals surface area contributed by atoms with E-state index in [1.807, 2.05) is 0 Å². The molecule has 7 heteroatoms. The molecule has 0 bridgehead atoms. The second-order valence-electron chi connectivity index (χ2n) is 3.86. The highest BCUT2D eigenvalue weighted by atomic mass is 16.4. The number of nitrogens with zero attached hydrogens (tertiary/aromatic N) is 3. The number of hydrogen-bond acceptors (Lipinski definition) is 4. The average molecular weight is 272 g/mol. The molecule has 0 saturated heterocycles. The summed E-state index contributed by atoms with van der Waals surface area (Å²) in [7, 11) is 0. The maximum atomic E-state index is 11.9. The van der Waals surface area contributed by atoms with Crippen LogP contribution in [0.2, 0.25) is 0 Å². The number of allylic oxidation sites excluding steroid dienone is 1. The van der Waals surface area contributed by atoms with Crippen molar-refractivity contribution in [1.29, 1.82) is 0 Å². The van der Waals surface area contributed by atoms with Crippen LogP contribution in [0.4, 0.5) is 0 Å². The molecule has 0 unspecified atom stereocenters. The summed E-state index contributed by atoms with van der Waals surface area (Å²) in [5, 5.41) is 13.6. The minimum absolute atomic E-state index is 0.00744. The summed E-state index contributed by atoms with van der Waals surface area (Å²) in [5.41, 5.74) is -0.328. The van der Waals surface area contributed by atoms with Gasteiger partial charge in [0, 0.05) is 6.20 Å². The Morgan fingerprint density at radius 2 is 2.30 bits per heavy atom. The van der Waals surface area contributed by atoms with E-state index in [1.54, 1.807) is 19.1 Å². The third-order valence-corrected chi connectivity index (χ3v) is 2.58. The van der Waals surface area contributed by atoms with Gasteiger partial charge in [-0.05, 0) is 13.0 Å². The molecule has 0 aliphatic carbocycles. The molecule has 102 valence electrons. The number of aromatic carboxylic acids is 1. The molecule has 0 radical (unpaired) electrons. The van der Waals surface area contributed by atoms with Crippen LogP contribution in [0, 0.1) is 0 Å². The van der Waals surface area contributed by atoms with E-state index < -0.39 is 5.97 Å². The topological polar surface area (TPSA) is 101 Å². The summed E-state index contributed by atoms with van der Waals surface area (Å²) in [6.45, 7) is 5.29. The van der Waals surface area contributed by atoms with E-state index in [9.17, 15) is 9.59 Å². The number of hydrogen-bond donors (Lipinski definition) is 2. The van der Waals surface area contributed by atoms with E-state index in [-0.39, 0.29) is 17.1 Å². The molecule has 7 nitrogen and oxygen atoms in total. The lowest BCUT2D eigenvalue weighted by Gasteiger charge is -1.99. The molecule has 2 N–H and O–H groups in total. The van der Waals surface area contributed by atoms with Gasteiger partial charge in [0.15, 0.2) is 0 Å². The molecule has 2 heterocycles. The van der Waals surface area contributed by atoms with E-state index in [1.165, 1.54) is 23.2 Å². The third-order valence-electron chi connectivity index (χ3n) is 2.58. The van der Waals surface area contributed by atoms with Crippen LogP contribution in [-0.4, -0.2) is 30.8 Å². The lowest BCUT2D eigenvalue weighted by atomic mass is 10.3. The van der Waals surface area contributed by atoms with Gasteiger partial charge in [-0.1, -0.05) is 18.7 Å². The van der Waals surface area contributed by atoms with Crippen LogP contribution in [0.25, 0.3) is 18.1 Å². The van der Waals surface area contributed by atoms with Crippen molar-refractivity contribution in [2.24, 2.45) is 0 Å². The number of rotatable bonds is 3. The van der Waals surface area contributed by atoms with E-state index >= 15 is 0 Å². The summed E-state index contributed by atoms with van der Waals surface area (Å²) in [6, 6.07) is 0. The van der Waals surface area contributed by atoms with E-state index in [0.717, 1.165) is 0 Å². The largest absolute Gasteiger partial charge is 0.478 e. The standard InChI is InChI=1S/C13H12N4O3/c1-3-5-10-9(4-2)11(18)16-13(15-10)17-7-8(6-14-17)12(19)20/h3-7H,1H2,2H3,(H,19,20)(H,15,16,18)/b9-4+,10-5+. The minimum Gasteiger partial charge on any atom is -0.478 e. The SMILES string of the molecule is C=C/C=c1/nc(-n2cc(C(=O)O)cn2)[nH]c(=O)/c1=C/C. The Labute approximate surface area is 113 Å². The number of nitrogens with one attached hydrogen (secondary N) is 1. The Morgan fingerprint density at radius 3 is 2.85 bits per heavy atom. The van der Waals surface area contributed by atoms with Gasteiger partial charge >= 0.3 is 5.97 Å². The quantitative estimate of drug-likeness (QED) is 0.778. The Bertz CT molecular complexity index is 845. The molecule has 2 rings (SSSR count). The highest BCUT2D eigenvalue weighted by Crippen LogP contribution is 2.00. The highest BCUT2D eigenvalue weighted by Gasteiger charge is 2.09. The Balaban J connectivity index is 2.70. The van der Waals surface area contributed by atoms with Crippen molar-refractivity contribution in [2.75, 3.05) is 0 Å². The molecular weight excluding hydrogens is 260 g/mol. The van der Waals surface area contributed by atoms with Crippen LogP contribution in [0.15, 0.2) is 29.8 Å². The lowest BCUT2D eigenvalue weighted by molar-refractivity contribution is 0.0697. The molecule has 0 atom stereocenters. The van der Waals surface area contributed by atoms with Crippen molar-refractivity contribution >= 4 is 18.1 Å². The summed E-state index contributed by atoms with van der Waals surface area (Å²) in [6.07, 6.45) is 7.20. The number of H-pyrrole nitrogens is 1. The highest BCUT2D eigenvalue weighted by molar-refractivity contribution is 5.86. The van der Waals surface area contributed by atoms with Crippen LogP contribution >= 0.6 is 0 Å². The van der Waals surface area contributed by atoms with Crippen molar-refractivity contribution in [1.82, 2.24) is 19.7 Å². The summed E-state index contributed by atoms with van der Waals surface area (Å²) in [5.74, 6) is -0.962. The zero-order chi connectivity index (χ0) is 14.7. The zero-order valence-electron chi connectivity index (χ0n) is 10.7. The van der Waals surface area contributed by atoms with Gasteiger partial charge in [0.25, 0.3) is 5.56 Å². The van der Waals surface area contributed by atoms with Crippen molar-refractivity contribution in [3.8, 4) is 5.95 Å². The molecule has 0 amide bonds. The van der Waals surface area contributed by atoms with Gasteiger partial charge in [-0.3, -0.25) is 9.78 Å². The van der Waals surface area contributed by atoms with E-state index in [0.29, 0.717) is 10.6 Å². The zero-order valence-corrected chi connectivity index (χ0v) is 10.7. The van der Waals surface area contributed by atoms with Crippen molar-refractivity contribution < 1.29 is 9.90 Å². The maximum Gasteiger partial charge on any atom is 0.338 e. The molecule has 0 aliphatic heterocycles. The van der Waals surface area contributed by atoms with Gasteiger partial charge < -0.3 is 5.11 Å². The molecule has 2 aromatic heterocycles. The fourth-order valence-corrected chi connectivity index (χ4v) is 1.66. The first kappa shape index (κ1) is 13.5. The predicted molar refractivity (Wildman–Crippen MR) is 73.0 cm³/mol. The van der Waals surface area contributed by atoms with Crippen LogP contribution < -0.4 is 16.1 Å².